The van der Waals surface area contributed by atoms with Gasteiger partial charge in [0.05, 0.1) is 22.9 Å². The summed E-state index contributed by atoms with van der Waals surface area (Å²) in [4.78, 5) is -0.0530. The molecule has 0 saturated carbocycles. The van der Waals surface area contributed by atoms with Gasteiger partial charge in [0.25, 0.3) is 0 Å². The second-order valence-electron chi connectivity index (χ2n) is 5.70. The molecule has 0 amide bonds. The van der Waals surface area contributed by atoms with Crippen molar-refractivity contribution in [3.63, 3.8) is 0 Å². The van der Waals surface area contributed by atoms with Crippen molar-refractivity contribution >= 4 is 21.4 Å². The van der Waals surface area contributed by atoms with E-state index in [9.17, 15) is 18.7 Å². The Labute approximate surface area is 139 Å². The predicted molar refractivity (Wildman–Crippen MR) is 87.8 cm³/mol. The molecule has 1 unspecified atom stereocenters. The van der Waals surface area contributed by atoms with Crippen molar-refractivity contribution in [3.05, 3.63) is 53.6 Å². The third-order valence-corrected chi connectivity index (χ3v) is 5.55. The smallest absolute Gasteiger partial charge is 0.240 e. The molecule has 24 heavy (non-hydrogen) atoms. The lowest BCUT2D eigenvalue weighted by Gasteiger charge is -2.37. The topological polar surface area (TPSA) is 110 Å². The highest BCUT2D eigenvalue weighted by atomic mass is 32.2. The van der Waals surface area contributed by atoms with Gasteiger partial charge in [0, 0.05) is 17.7 Å². The zero-order valence-electron chi connectivity index (χ0n) is 13.0. The molecule has 1 heterocycles. The zero-order valence-corrected chi connectivity index (χ0v) is 13.8. The van der Waals surface area contributed by atoms with Crippen LogP contribution in [0.3, 0.4) is 0 Å². The van der Waals surface area contributed by atoms with Crippen molar-refractivity contribution < 1.29 is 23.8 Å². The van der Waals surface area contributed by atoms with Crippen LogP contribution in [0.4, 0.5) is 11.4 Å². The first-order valence-electron chi connectivity index (χ1n) is 7.35. The molecule has 0 saturated heterocycles. The number of para-hydroxylation sites is 1. The number of fused-ring (bicyclic) bond motifs is 2. The summed E-state index contributed by atoms with van der Waals surface area (Å²) in [5.74, 6) is 0. The Morgan fingerprint density at radius 1 is 1.12 bits per heavy atom. The lowest BCUT2D eigenvalue weighted by atomic mass is 9.83. The second kappa shape index (κ2) is 5.83. The van der Waals surface area contributed by atoms with Crippen LogP contribution in [-0.2, 0) is 15.6 Å². The van der Waals surface area contributed by atoms with Crippen LogP contribution in [0.15, 0.2) is 47.4 Å². The number of aliphatic hydroxyl groups excluding tert-OH is 1. The molecule has 1 aliphatic heterocycles. The summed E-state index contributed by atoms with van der Waals surface area (Å²) in [6, 6.07) is 10.9. The van der Waals surface area contributed by atoms with Crippen molar-refractivity contribution in [1.29, 1.82) is 0 Å². The SMILES string of the molecule is CC1(O)c2ccccc2N(O)c2ccc(S(=O)(=O)NCCO)cc21. The van der Waals surface area contributed by atoms with Crippen LogP contribution in [0.5, 0.6) is 0 Å². The first kappa shape index (κ1) is 16.9. The first-order chi connectivity index (χ1) is 11.3. The minimum atomic E-state index is -3.82. The number of nitrogens with zero attached hydrogens (tertiary/aromatic N) is 1. The van der Waals surface area contributed by atoms with Gasteiger partial charge in [0.1, 0.15) is 5.60 Å². The fourth-order valence-corrected chi connectivity index (χ4v) is 3.91. The molecule has 0 spiro atoms. The largest absolute Gasteiger partial charge is 0.395 e. The molecule has 3 rings (SSSR count). The maximum atomic E-state index is 12.2. The lowest BCUT2D eigenvalue weighted by molar-refractivity contribution is 0.0967. The molecular weight excluding hydrogens is 332 g/mol. The molecule has 2 aromatic carbocycles. The Morgan fingerprint density at radius 2 is 1.79 bits per heavy atom. The summed E-state index contributed by atoms with van der Waals surface area (Å²) < 4.78 is 26.7. The average molecular weight is 350 g/mol. The van der Waals surface area contributed by atoms with Crippen LogP contribution in [-0.4, -0.2) is 37.0 Å². The Morgan fingerprint density at radius 3 is 2.50 bits per heavy atom. The van der Waals surface area contributed by atoms with E-state index in [2.05, 4.69) is 4.72 Å². The van der Waals surface area contributed by atoms with E-state index in [-0.39, 0.29) is 23.6 Å². The predicted octanol–water partition coefficient (Wildman–Crippen LogP) is 1.05. The van der Waals surface area contributed by atoms with E-state index in [1.165, 1.54) is 18.2 Å². The summed E-state index contributed by atoms with van der Waals surface area (Å²) >= 11 is 0. The highest BCUT2D eigenvalue weighted by Crippen LogP contribution is 2.47. The lowest BCUT2D eigenvalue weighted by Crippen LogP contribution is -2.34. The van der Waals surface area contributed by atoms with Crippen LogP contribution in [0.25, 0.3) is 0 Å². The Hall–Kier alpha value is -1.97. The number of sulfonamides is 1. The normalized spacial score (nSPS) is 19.8. The summed E-state index contributed by atoms with van der Waals surface area (Å²) in [7, 11) is -3.82. The van der Waals surface area contributed by atoms with E-state index in [0.29, 0.717) is 16.9 Å². The van der Waals surface area contributed by atoms with Gasteiger partial charge in [-0.2, -0.15) is 0 Å². The number of nitrogens with one attached hydrogen (secondary N) is 1. The molecule has 0 radical (unpaired) electrons. The number of hydrogen-bond acceptors (Lipinski definition) is 6. The van der Waals surface area contributed by atoms with Crippen molar-refractivity contribution in [1.82, 2.24) is 4.72 Å². The molecule has 1 atom stereocenters. The van der Waals surface area contributed by atoms with E-state index in [1.54, 1.807) is 31.2 Å². The van der Waals surface area contributed by atoms with Crippen LogP contribution in [0, 0.1) is 0 Å². The Bertz CT molecular complexity index is 880. The third kappa shape index (κ3) is 2.58. The second-order valence-corrected chi connectivity index (χ2v) is 7.47. The Kier molecular flexibility index (Phi) is 4.10. The van der Waals surface area contributed by atoms with Crippen LogP contribution < -0.4 is 9.79 Å². The number of aliphatic hydroxyl groups is 2. The van der Waals surface area contributed by atoms with Crippen LogP contribution in [0.1, 0.15) is 18.1 Å². The van der Waals surface area contributed by atoms with Gasteiger partial charge in [-0.25, -0.2) is 18.2 Å². The van der Waals surface area contributed by atoms with E-state index in [1.807, 2.05) is 0 Å². The number of rotatable bonds is 4. The molecular formula is C16H18N2O5S. The Balaban J connectivity index is 2.15. The van der Waals surface area contributed by atoms with Gasteiger partial charge in [-0.3, -0.25) is 5.21 Å². The fourth-order valence-electron chi connectivity index (χ4n) is 2.87. The number of benzene rings is 2. The van der Waals surface area contributed by atoms with Gasteiger partial charge in [-0.05, 0) is 31.2 Å². The molecule has 0 aliphatic carbocycles. The molecule has 0 fully saturated rings. The van der Waals surface area contributed by atoms with Crippen molar-refractivity contribution in [2.24, 2.45) is 0 Å². The van der Waals surface area contributed by atoms with E-state index in [0.717, 1.165) is 5.06 Å². The highest BCUT2D eigenvalue weighted by Gasteiger charge is 2.38. The third-order valence-electron chi connectivity index (χ3n) is 4.09. The van der Waals surface area contributed by atoms with Crippen molar-refractivity contribution in [3.8, 4) is 0 Å². The number of hydrogen-bond donors (Lipinski definition) is 4. The molecule has 128 valence electrons. The van der Waals surface area contributed by atoms with Crippen molar-refractivity contribution in [2.45, 2.75) is 17.4 Å². The summed E-state index contributed by atoms with van der Waals surface area (Å²) in [5.41, 5.74) is 0.0190. The summed E-state index contributed by atoms with van der Waals surface area (Å²) in [6.07, 6.45) is 0. The summed E-state index contributed by atoms with van der Waals surface area (Å²) in [5, 5.41) is 31.1. The quantitative estimate of drug-likeness (QED) is 0.656. The van der Waals surface area contributed by atoms with Gasteiger partial charge in [-0.1, -0.05) is 18.2 Å². The van der Waals surface area contributed by atoms with Gasteiger partial charge in [0.15, 0.2) is 0 Å². The van der Waals surface area contributed by atoms with E-state index >= 15 is 0 Å². The maximum absolute atomic E-state index is 12.2. The van der Waals surface area contributed by atoms with E-state index in [4.69, 9.17) is 5.11 Å². The van der Waals surface area contributed by atoms with Crippen LogP contribution >= 0.6 is 0 Å². The average Bonchev–Trinajstić information content (AvgIpc) is 2.58. The molecule has 1 aliphatic rings. The maximum Gasteiger partial charge on any atom is 0.240 e. The monoisotopic (exact) mass is 350 g/mol. The van der Waals surface area contributed by atoms with Crippen LogP contribution in [0.2, 0.25) is 0 Å². The molecule has 0 aromatic heterocycles. The highest BCUT2D eigenvalue weighted by molar-refractivity contribution is 7.89. The van der Waals surface area contributed by atoms with Gasteiger partial charge in [0.2, 0.25) is 10.0 Å². The van der Waals surface area contributed by atoms with Gasteiger partial charge in [-0.15, -0.1) is 0 Å². The standard InChI is InChI=1S/C16H18N2O5S/c1-16(20)12-4-2-3-5-14(12)18(21)15-7-6-11(10-13(15)16)24(22,23)17-8-9-19/h2-7,10,17,19-21H,8-9H2,1H3. The number of anilines is 2. The molecule has 7 nitrogen and oxygen atoms in total. The first-order valence-corrected chi connectivity index (χ1v) is 8.83. The molecule has 0 bridgehead atoms. The molecule has 4 N–H and O–H groups in total. The minimum absolute atomic E-state index is 0.0530. The summed E-state index contributed by atoms with van der Waals surface area (Å²) in [6.45, 7) is 1.12. The molecule has 2 aromatic rings. The minimum Gasteiger partial charge on any atom is -0.395 e. The fraction of sp³-hybridized carbons (Fsp3) is 0.250. The van der Waals surface area contributed by atoms with Crippen molar-refractivity contribution in [2.75, 3.05) is 18.2 Å². The molecule has 8 heteroatoms. The van der Waals surface area contributed by atoms with Gasteiger partial charge < -0.3 is 10.2 Å². The zero-order chi connectivity index (χ0) is 17.5. The van der Waals surface area contributed by atoms with Gasteiger partial charge >= 0.3 is 0 Å². The van der Waals surface area contributed by atoms with E-state index < -0.39 is 15.6 Å².